The number of rotatable bonds is 12. The lowest BCUT2D eigenvalue weighted by molar-refractivity contribution is -0.164. The van der Waals surface area contributed by atoms with Gasteiger partial charge in [0.15, 0.2) is 5.92 Å². The second-order valence-electron chi connectivity index (χ2n) is 14.8. The molecule has 19 nitrogen and oxygen atoms in total. The molecule has 0 bridgehead atoms. The van der Waals surface area contributed by atoms with Crippen LogP contribution in [0, 0.1) is 38.0 Å². The van der Waals surface area contributed by atoms with Crippen molar-refractivity contribution in [1.29, 1.82) is 5.41 Å². The highest BCUT2D eigenvalue weighted by molar-refractivity contribution is 8.24. The Morgan fingerprint density at radius 2 is 1.06 bits per heavy atom. The fourth-order valence-corrected chi connectivity index (χ4v) is 5.35. The summed E-state index contributed by atoms with van der Waals surface area (Å²) in [6.07, 6.45) is 3.47. The molecule has 0 fully saturated rings. The number of amidine groups is 1. The molecule has 0 spiro atoms. The van der Waals surface area contributed by atoms with E-state index in [1.54, 1.807) is 55.4 Å². The van der Waals surface area contributed by atoms with E-state index in [0.717, 1.165) is 11.4 Å². The van der Waals surface area contributed by atoms with Crippen molar-refractivity contribution in [2.24, 2.45) is 17.6 Å². The van der Waals surface area contributed by atoms with Crippen LogP contribution in [0.4, 0.5) is 0 Å². The molecule has 0 saturated heterocycles. The van der Waals surface area contributed by atoms with Crippen molar-refractivity contribution in [3.63, 3.8) is 0 Å². The number of hydrogen-bond acceptors (Lipinski definition) is 17. The Labute approximate surface area is 437 Å². The maximum Gasteiger partial charge on any atom is 0.339 e. The van der Waals surface area contributed by atoms with Gasteiger partial charge in [0.2, 0.25) is 5.88 Å². The van der Waals surface area contributed by atoms with Crippen LogP contribution >= 0.6 is 74.5 Å². The van der Waals surface area contributed by atoms with Gasteiger partial charge in [0.25, 0.3) is 5.56 Å². The molecule has 0 aliphatic carbocycles. The zero-order valence-electron chi connectivity index (χ0n) is 42.2. The van der Waals surface area contributed by atoms with E-state index in [1.807, 2.05) is 47.0 Å². The van der Waals surface area contributed by atoms with Crippen molar-refractivity contribution >= 4 is 104 Å². The normalized spacial score (nSPS) is 10.0. The Morgan fingerprint density at radius 3 is 1.33 bits per heavy atom. The number of nitrogens with one attached hydrogen (secondary N) is 2. The van der Waals surface area contributed by atoms with Gasteiger partial charge in [-0.15, -0.1) is 12.4 Å². The standard InChI is InChI=1S/C10H18O4.C8H10Cl2N2.C8H12N2O2.C8H12N2.C7H12O4.C2H6N2.Cl3OP.ClH/c1-5-13-9(11)8(7(3)4)10(12)14-6-2;1-4(2)6-7(9)11-5(3)12-8(6)10;1-4(2)6-7(11)9-5(3)10-8(6)12;1-6(2)8-4-9-7(3)10-5-8;1-3-10-6(8)5-7(9)11-4-2;1-2(3)4;1-5(2,3)4;/h7-8H,5-6H2,1-4H3;4H,1-3H3;4H,1-3H3,(H2,9,10,11,12);4-6H,1-3H3;3-5H2,1-2H3;1H3,(H3,3,4);;1H. The number of aromatic amines is 1. The molecule has 26 heteroatoms. The largest absolute Gasteiger partial charge is 0.493 e. The molecule has 3 rings (SSSR count). The van der Waals surface area contributed by atoms with Crippen LogP contribution in [0.15, 0.2) is 17.2 Å². The summed E-state index contributed by atoms with van der Waals surface area (Å²) >= 11 is 25.6. The molecule has 0 unspecified atom stereocenters. The number of aryl methyl sites for hydroxylation is 3. The van der Waals surface area contributed by atoms with E-state index >= 15 is 0 Å². The number of hydrogen-bond donors (Lipinski definition) is 4. The highest BCUT2D eigenvalue weighted by Crippen LogP contribution is 2.61. The van der Waals surface area contributed by atoms with Crippen LogP contribution in [0.5, 0.6) is 5.88 Å². The summed E-state index contributed by atoms with van der Waals surface area (Å²) in [6.45, 7) is 30.3. The molecule has 5 N–H and O–H groups in total. The summed E-state index contributed by atoms with van der Waals surface area (Å²) in [5.41, 5.74) is 6.81. The van der Waals surface area contributed by atoms with Crippen LogP contribution in [0.25, 0.3) is 0 Å². The number of halogens is 6. The van der Waals surface area contributed by atoms with E-state index in [9.17, 15) is 33.6 Å². The number of aromatic hydroxyl groups is 1. The first kappa shape index (κ1) is 74.1. The fourth-order valence-electron chi connectivity index (χ4n) is 4.44. The number of nitrogens with two attached hydrogens (primary N) is 1. The van der Waals surface area contributed by atoms with Gasteiger partial charge in [-0.05, 0) is 118 Å². The predicted octanol–water partition coefficient (Wildman–Crippen LogP) is 11.1. The number of esters is 4. The van der Waals surface area contributed by atoms with Gasteiger partial charge in [0.05, 0.1) is 37.8 Å². The Morgan fingerprint density at radius 1 is 0.710 bits per heavy atom. The number of ether oxygens (including phenoxy) is 4. The summed E-state index contributed by atoms with van der Waals surface area (Å²) in [5.74, 6) is -0.318. The van der Waals surface area contributed by atoms with Gasteiger partial charge in [0.1, 0.15) is 34.2 Å². The van der Waals surface area contributed by atoms with Gasteiger partial charge in [-0.2, -0.15) is 0 Å². The molecule has 0 aromatic carbocycles. The van der Waals surface area contributed by atoms with Gasteiger partial charge in [-0.3, -0.25) is 33.9 Å². The Hall–Kier alpha value is -3.84. The molecule has 0 atom stereocenters. The minimum absolute atomic E-state index is 0. The number of H-pyrrole nitrogens is 1. The third-order valence-corrected chi connectivity index (χ3v) is 7.86. The molecule has 69 heavy (non-hydrogen) atoms. The van der Waals surface area contributed by atoms with Crippen LogP contribution in [0.3, 0.4) is 0 Å². The van der Waals surface area contributed by atoms with E-state index in [4.69, 9.17) is 43.8 Å². The minimum Gasteiger partial charge on any atom is -0.493 e. The van der Waals surface area contributed by atoms with Crippen molar-refractivity contribution in [2.45, 2.75) is 135 Å². The van der Waals surface area contributed by atoms with Crippen LogP contribution in [-0.2, 0) is 42.7 Å². The smallest absolute Gasteiger partial charge is 0.339 e. The maximum atomic E-state index is 11.4. The van der Waals surface area contributed by atoms with Crippen molar-refractivity contribution in [3.8, 4) is 5.88 Å². The fraction of sp³-hybridized carbons (Fsp3) is 0.605. The molecule has 0 aliphatic heterocycles. The van der Waals surface area contributed by atoms with Crippen molar-refractivity contribution in [1.82, 2.24) is 29.9 Å². The van der Waals surface area contributed by atoms with Gasteiger partial charge in [-0.25, -0.2) is 24.9 Å². The van der Waals surface area contributed by atoms with Crippen LogP contribution in [0.2, 0.25) is 10.3 Å². The van der Waals surface area contributed by atoms with Crippen molar-refractivity contribution in [2.75, 3.05) is 26.4 Å². The summed E-state index contributed by atoms with van der Waals surface area (Å²) in [5, 5.41) is 13.3. The number of carbonyl (C=O) groups is 4. The molecule has 0 aliphatic rings. The van der Waals surface area contributed by atoms with Crippen molar-refractivity contribution < 1.29 is 47.8 Å². The van der Waals surface area contributed by atoms with E-state index in [2.05, 4.69) is 86.9 Å². The first-order chi connectivity index (χ1) is 31.2. The molecular weight excluding hydrogens is 1050 g/mol. The zero-order valence-corrected chi connectivity index (χ0v) is 47.7. The number of aromatic nitrogens is 6. The average Bonchev–Trinajstić information content (AvgIpc) is 3.14. The Bertz CT molecular complexity index is 2010. The van der Waals surface area contributed by atoms with Crippen molar-refractivity contribution in [3.05, 3.63) is 67.2 Å². The molecule has 3 aromatic rings. The third kappa shape index (κ3) is 40.6. The molecule has 3 aromatic heterocycles. The second kappa shape index (κ2) is 40.8. The quantitative estimate of drug-likeness (QED) is 0.0249. The summed E-state index contributed by atoms with van der Waals surface area (Å²) in [4.78, 5) is 77.7. The topological polar surface area (TPSA) is 290 Å². The maximum absolute atomic E-state index is 11.4. The highest BCUT2D eigenvalue weighted by atomic mass is 36.0. The van der Waals surface area contributed by atoms with E-state index in [1.165, 1.54) is 12.5 Å². The Kier molecular flexibility index (Phi) is 43.9. The monoisotopic (exact) mass is 1120 g/mol. The molecule has 0 amide bonds. The molecule has 0 saturated carbocycles. The SMILES string of the molecule is CC(=N)N.CCOC(=O)C(C(=O)OCC)C(C)C.CCOC(=O)CC(=O)OCC.Cc1nc(Cl)c(C(C)C)c(Cl)n1.Cc1nc(O)c(C(C)C)c(=O)[nH]1.Cc1ncc(C(C)C)cn1.Cl.O=P(Cl)(Cl)Cl. The van der Waals surface area contributed by atoms with Crippen LogP contribution in [-0.4, -0.2) is 91.2 Å². The van der Waals surface area contributed by atoms with Gasteiger partial charge >= 0.3 is 29.1 Å². The predicted molar refractivity (Wildman–Crippen MR) is 277 cm³/mol. The molecule has 0 radical (unpaired) electrons. The lowest BCUT2D eigenvalue weighted by atomic mass is 9.96. The van der Waals surface area contributed by atoms with Gasteiger partial charge < -0.3 is 34.8 Å². The molecular formula is C43H71Cl6N8O11P. The first-order valence-electron chi connectivity index (χ1n) is 21.1. The highest BCUT2D eigenvalue weighted by Gasteiger charge is 2.32. The summed E-state index contributed by atoms with van der Waals surface area (Å²) in [7, 11) is 0. The van der Waals surface area contributed by atoms with Crippen LogP contribution in [0.1, 0.15) is 148 Å². The zero-order chi connectivity index (χ0) is 54.1. The lowest BCUT2D eigenvalue weighted by Crippen LogP contribution is -2.32. The molecule has 3 heterocycles. The second-order valence-corrected chi connectivity index (χ2v) is 22.1. The summed E-state index contributed by atoms with van der Waals surface area (Å²) < 4.78 is 28.1. The number of nitrogens with zero attached hydrogens (tertiary/aromatic N) is 5. The first-order valence-corrected chi connectivity index (χ1v) is 26.3. The minimum atomic E-state index is -3.22. The lowest BCUT2D eigenvalue weighted by Gasteiger charge is -2.16. The average molecular weight is 1120 g/mol. The van der Waals surface area contributed by atoms with E-state index < -0.39 is 35.0 Å². The number of carbonyl (C=O) groups excluding carboxylic acids is 4. The Balaban J connectivity index is -0.000000236. The van der Waals surface area contributed by atoms with Crippen LogP contribution < -0.4 is 11.3 Å². The third-order valence-electron chi connectivity index (χ3n) is 7.29. The van der Waals surface area contributed by atoms with Gasteiger partial charge in [-0.1, -0.05) is 78.6 Å². The van der Waals surface area contributed by atoms with E-state index in [-0.39, 0.29) is 80.3 Å². The molecule has 396 valence electrons. The van der Waals surface area contributed by atoms with E-state index in [0.29, 0.717) is 33.4 Å². The summed E-state index contributed by atoms with van der Waals surface area (Å²) in [6, 6.07) is 0. The van der Waals surface area contributed by atoms with Gasteiger partial charge in [0, 0.05) is 18.0 Å².